The Morgan fingerprint density at radius 2 is 2.00 bits per heavy atom. The van der Waals surface area contributed by atoms with Crippen LogP contribution >= 0.6 is 24.0 Å². The lowest BCUT2D eigenvalue weighted by molar-refractivity contribution is 0.147. The molecule has 1 aliphatic rings. The first-order valence-corrected chi connectivity index (χ1v) is 10.2. The van der Waals surface area contributed by atoms with E-state index in [-0.39, 0.29) is 24.0 Å². The summed E-state index contributed by atoms with van der Waals surface area (Å²) in [4.78, 5) is 7.35. The number of methoxy groups -OCH3 is 2. The van der Waals surface area contributed by atoms with E-state index in [2.05, 4.69) is 29.4 Å². The van der Waals surface area contributed by atoms with Gasteiger partial charge in [-0.25, -0.2) is 4.99 Å². The third-order valence-corrected chi connectivity index (χ3v) is 5.15. The van der Waals surface area contributed by atoms with E-state index in [0.29, 0.717) is 6.54 Å². The molecule has 6 nitrogen and oxygen atoms in total. The van der Waals surface area contributed by atoms with Crippen LogP contribution < -0.4 is 20.1 Å². The number of ether oxygens (including phenoxy) is 2. The van der Waals surface area contributed by atoms with E-state index < -0.39 is 0 Å². The van der Waals surface area contributed by atoms with Gasteiger partial charge in [0.1, 0.15) is 0 Å². The van der Waals surface area contributed by atoms with Crippen molar-refractivity contribution in [1.82, 2.24) is 15.5 Å². The highest BCUT2D eigenvalue weighted by atomic mass is 127. The first kappa shape index (κ1) is 24.8. The van der Waals surface area contributed by atoms with Gasteiger partial charge in [0.25, 0.3) is 0 Å². The second-order valence-corrected chi connectivity index (χ2v) is 6.87. The minimum atomic E-state index is 0. The largest absolute Gasteiger partial charge is 0.493 e. The fourth-order valence-electron chi connectivity index (χ4n) is 3.72. The van der Waals surface area contributed by atoms with Crippen LogP contribution in [-0.4, -0.2) is 57.3 Å². The maximum absolute atomic E-state index is 5.50. The van der Waals surface area contributed by atoms with Crippen LogP contribution in [0.25, 0.3) is 0 Å². The lowest BCUT2D eigenvalue weighted by atomic mass is 10.0. The number of benzene rings is 1. The standard InChI is InChI=1S/C21H36N4O2.HI/c1-5-18-11-7-8-14-25(18)15-13-23-21(22-6-2)24-16-17-10-9-12-19(26-3)20(17)27-4;/h9-10,12,18H,5-8,11,13-16H2,1-4H3,(H2,22,23,24);1H. The maximum atomic E-state index is 5.50. The Morgan fingerprint density at radius 3 is 2.68 bits per heavy atom. The van der Waals surface area contributed by atoms with E-state index in [4.69, 9.17) is 14.5 Å². The van der Waals surface area contributed by atoms with Crippen molar-refractivity contribution in [3.05, 3.63) is 23.8 Å². The van der Waals surface area contributed by atoms with Gasteiger partial charge < -0.3 is 20.1 Å². The highest BCUT2D eigenvalue weighted by molar-refractivity contribution is 14.0. The normalized spacial score (nSPS) is 17.6. The molecule has 2 rings (SSSR count). The molecule has 0 aliphatic carbocycles. The van der Waals surface area contributed by atoms with Crippen LogP contribution in [0.15, 0.2) is 23.2 Å². The topological polar surface area (TPSA) is 58.1 Å². The van der Waals surface area contributed by atoms with Crippen molar-refractivity contribution in [2.45, 2.75) is 52.1 Å². The second-order valence-electron chi connectivity index (χ2n) is 6.87. The number of para-hydroxylation sites is 1. The van der Waals surface area contributed by atoms with E-state index in [0.717, 1.165) is 48.7 Å². The van der Waals surface area contributed by atoms with Gasteiger partial charge in [0, 0.05) is 31.2 Å². The number of piperidine rings is 1. The summed E-state index contributed by atoms with van der Waals surface area (Å²) in [6, 6.07) is 6.63. The van der Waals surface area contributed by atoms with Crippen LogP contribution in [0.2, 0.25) is 0 Å². The lowest BCUT2D eigenvalue weighted by Crippen LogP contribution is -2.45. The maximum Gasteiger partial charge on any atom is 0.191 e. The molecule has 1 heterocycles. The number of nitrogens with one attached hydrogen (secondary N) is 2. The number of hydrogen-bond acceptors (Lipinski definition) is 4. The van der Waals surface area contributed by atoms with Crippen LogP contribution in [-0.2, 0) is 6.54 Å². The van der Waals surface area contributed by atoms with E-state index in [1.165, 1.54) is 32.2 Å². The molecule has 0 bridgehead atoms. The van der Waals surface area contributed by atoms with E-state index in [1.54, 1.807) is 14.2 Å². The Labute approximate surface area is 187 Å². The Hall–Kier alpha value is -1.22. The molecule has 1 atom stereocenters. The van der Waals surface area contributed by atoms with Gasteiger partial charge in [-0.05, 0) is 38.8 Å². The third-order valence-electron chi connectivity index (χ3n) is 5.15. The molecule has 0 spiro atoms. The predicted octanol–water partition coefficient (Wildman–Crippen LogP) is 3.64. The van der Waals surface area contributed by atoms with Crippen LogP contribution in [0.1, 0.15) is 45.1 Å². The number of halogens is 1. The summed E-state index contributed by atoms with van der Waals surface area (Å²) in [6.45, 7) is 8.93. The van der Waals surface area contributed by atoms with Gasteiger partial charge in [-0.15, -0.1) is 24.0 Å². The highest BCUT2D eigenvalue weighted by Gasteiger charge is 2.20. The van der Waals surface area contributed by atoms with Gasteiger partial charge in [0.2, 0.25) is 0 Å². The number of hydrogen-bond donors (Lipinski definition) is 2. The van der Waals surface area contributed by atoms with E-state index in [1.807, 2.05) is 18.2 Å². The summed E-state index contributed by atoms with van der Waals surface area (Å²) in [5.74, 6) is 2.32. The molecule has 1 unspecified atom stereocenters. The summed E-state index contributed by atoms with van der Waals surface area (Å²) >= 11 is 0. The van der Waals surface area contributed by atoms with Crippen LogP contribution in [0.3, 0.4) is 0 Å². The number of guanidine groups is 1. The minimum absolute atomic E-state index is 0. The van der Waals surface area contributed by atoms with Crippen LogP contribution in [0.5, 0.6) is 11.5 Å². The summed E-state index contributed by atoms with van der Waals surface area (Å²) in [5, 5.41) is 6.80. The number of likely N-dealkylation sites (tertiary alicyclic amines) is 1. The van der Waals surface area contributed by atoms with Gasteiger partial charge >= 0.3 is 0 Å². The van der Waals surface area contributed by atoms with Gasteiger partial charge in [-0.1, -0.05) is 25.5 Å². The molecule has 1 aliphatic heterocycles. The first-order valence-electron chi connectivity index (χ1n) is 10.2. The third kappa shape index (κ3) is 7.31. The average molecular weight is 504 g/mol. The molecule has 1 saturated heterocycles. The molecule has 0 saturated carbocycles. The lowest BCUT2D eigenvalue weighted by Gasteiger charge is -2.35. The fraction of sp³-hybridized carbons (Fsp3) is 0.667. The summed E-state index contributed by atoms with van der Waals surface area (Å²) < 4.78 is 10.9. The van der Waals surface area contributed by atoms with Crippen molar-refractivity contribution in [3.8, 4) is 11.5 Å². The Bertz CT molecular complexity index is 598. The molecule has 0 amide bonds. The molecule has 0 radical (unpaired) electrons. The Kier molecular flexibility index (Phi) is 12.3. The summed E-state index contributed by atoms with van der Waals surface area (Å²) in [5.41, 5.74) is 1.01. The molecule has 1 fully saturated rings. The van der Waals surface area contributed by atoms with Gasteiger partial charge in [-0.2, -0.15) is 0 Å². The summed E-state index contributed by atoms with van der Waals surface area (Å²) in [6.07, 6.45) is 5.26. The van der Waals surface area contributed by atoms with E-state index in [9.17, 15) is 0 Å². The zero-order valence-electron chi connectivity index (χ0n) is 17.8. The Balaban J connectivity index is 0.00000392. The monoisotopic (exact) mass is 504 g/mol. The van der Waals surface area contributed by atoms with E-state index >= 15 is 0 Å². The van der Waals surface area contributed by atoms with Crippen molar-refractivity contribution >= 4 is 29.9 Å². The predicted molar refractivity (Wildman–Crippen MR) is 127 cm³/mol. The molecule has 160 valence electrons. The SMILES string of the molecule is CCNC(=NCc1cccc(OC)c1OC)NCCN1CCCCC1CC.I. The molecule has 1 aromatic rings. The van der Waals surface area contributed by atoms with Gasteiger partial charge in [-0.3, -0.25) is 4.90 Å². The van der Waals surface area contributed by atoms with Crippen molar-refractivity contribution < 1.29 is 9.47 Å². The Morgan fingerprint density at radius 1 is 1.18 bits per heavy atom. The molecule has 28 heavy (non-hydrogen) atoms. The second kappa shape index (κ2) is 13.9. The van der Waals surface area contributed by atoms with Crippen LogP contribution in [0, 0.1) is 0 Å². The number of rotatable bonds is 9. The van der Waals surface area contributed by atoms with Crippen molar-refractivity contribution in [1.29, 1.82) is 0 Å². The zero-order valence-corrected chi connectivity index (χ0v) is 20.1. The molecule has 1 aromatic carbocycles. The highest BCUT2D eigenvalue weighted by Crippen LogP contribution is 2.31. The first-order chi connectivity index (χ1) is 13.2. The quantitative estimate of drug-likeness (QED) is 0.306. The fourth-order valence-corrected chi connectivity index (χ4v) is 3.72. The number of nitrogens with zero attached hydrogens (tertiary/aromatic N) is 2. The molecule has 2 N–H and O–H groups in total. The number of aliphatic imine (C=N–C) groups is 1. The molecule has 0 aromatic heterocycles. The van der Waals surface area contributed by atoms with Crippen molar-refractivity contribution in [2.24, 2.45) is 4.99 Å². The molecule has 7 heteroatoms. The van der Waals surface area contributed by atoms with Crippen LogP contribution in [0.4, 0.5) is 0 Å². The summed E-state index contributed by atoms with van der Waals surface area (Å²) in [7, 11) is 3.32. The minimum Gasteiger partial charge on any atom is -0.493 e. The smallest absolute Gasteiger partial charge is 0.191 e. The zero-order chi connectivity index (χ0) is 19.5. The van der Waals surface area contributed by atoms with Crippen molar-refractivity contribution in [3.63, 3.8) is 0 Å². The average Bonchev–Trinajstić information content (AvgIpc) is 2.71. The van der Waals surface area contributed by atoms with Crippen molar-refractivity contribution in [2.75, 3.05) is 40.4 Å². The molecular weight excluding hydrogens is 467 g/mol. The van der Waals surface area contributed by atoms with Gasteiger partial charge in [0.15, 0.2) is 17.5 Å². The van der Waals surface area contributed by atoms with Gasteiger partial charge in [0.05, 0.1) is 20.8 Å². The molecular formula is C21H37IN4O2.